The molecule has 42 heavy (non-hydrogen) atoms. The summed E-state index contributed by atoms with van der Waals surface area (Å²) in [6.07, 6.45) is 1.48. The van der Waals surface area contributed by atoms with Crippen molar-refractivity contribution in [2.24, 2.45) is 0 Å². The van der Waals surface area contributed by atoms with Crippen molar-refractivity contribution >= 4 is 11.4 Å². The summed E-state index contributed by atoms with van der Waals surface area (Å²) in [6.45, 7) is 0. The minimum Gasteiger partial charge on any atom is -0.504 e. The first-order valence-corrected chi connectivity index (χ1v) is 12.9. The summed E-state index contributed by atoms with van der Waals surface area (Å²) in [5, 5.41) is 40.7. The number of hydrogen-bond donors (Lipinski definition) is 4. The summed E-state index contributed by atoms with van der Waals surface area (Å²) >= 11 is 0. The molecule has 9 nitrogen and oxygen atoms in total. The number of rotatable bonds is 11. The fraction of sp³-hybridized carbons (Fsp3) is 0.182. The topological polar surface area (TPSA) is 135 Å². The van der Waals surface area contributed by atoms with Gasteiger partial charge in [-0.1, -0.05) is 24.3 Å². The summed E-state index contributed by atoms with van der Waals surface area (Å²) in [5.74, 6) is -0.0208. The van der Waals surface area contributed by atoms with Crippen molar-refractivity contribution in [1.82, 2.24) is 0 Å². The Bertz CT molecular complexity index is 1520. The second kappa shape index (κ2) is 12.9. The average Bonchev–Trinajstić information content (AvgIpc) is 3.00. The highest BCUT2D eigenvalue weighted by atomic mass is 16.5. The molecule has 0 atom stereocenters. The van der Waals surface area contributed by atoms with Gasteiger partial charge in [-0.05, 0) is 82.4 Å². The van der Waals surface area contributed by atoms with E-state index in [1.165, 1.54) is 58.8 Å². The van der Waals surface area contributed by atoms with E-state index in [0.717, 1.165) is 0 Å². The number of methoxy groups -OCH3 is 4. The number of carbonyl (C=O) groups excluding carboxylic acids is 1. The summed E-state index contributed by atoms with van der Waals surface area (Å²) < 4.78 is 21.2. The molecule has 9 heteroatoms. The minimum absolute atomic E-state index is 0.00417. The molecular weight excluding hydrogens is 540 g/mol. The van der Waals surface area contributed by atoms with Crippen LogP contribution in [-0.4, -0.2) is 54.6 Å². The van der Waals surface area contributed by atoms with Crippen LogP contribution in [0.1, 0.15) is 34.6 Å². The molecule has 4 rings (SSSR count). The van der Waals surface area contributed by atoms with Crippen LogP contribution in [0.4, 0.5) is 0 Å². The van der Waals surface area contributed by atoms with E-state index in [9.17, 15) is 25.2 Å². The Labute approximate surface area is 243 Å². The highest BCUT2D eigenvalue weighted by Gasteiger charge is 2.22. The van der Waals surface area contributed by atoms with Crippen LogP contribution in [0.3, 0.4) is 0 Å². The lowest BCUT2D eigenvalue weighted by Gasteiger charge is -2.20. The van der Waals surface area contributed by atoms with Gasteiger partial charge >= 0.3 is 0 Å². The summed E-state index contributed by atoms with van der Waals surface area (Å²) in [7, 11) is 5.74. The fourth-order valence-corrected chi connectivity index (χ4v) is 4.69. The van der Waals surface area contributed by atoms with Gasteiger partial charge in [0, 0.05) is 12.3 Å². The molecule has 4 aromatic rings. The van der Waals surface area contributed by atoms with Crippen LogP contribution in [0.25, 0.3) is 5.57 Å². The lowest BCUT2D eigenvalue weighted by molar-refractivity contribution is -0.114. The third kappa shape index (κ3) is 6.36. The van der Waals surface area contributed by atoms with E-state index in [4.69, 9.17) is 18.9 Å². The number of benzene rings is 4. The number of carbonyl (C=O) groups is 1. The molecule has 0 aliphatic carbocycles. The smallest absolute Gasteiger partial charge is 0.161 e. The Kier molecular flexibility index (Phi) is 9.12. The maximum atomic E-state index is 13.8. The molecule has 0 saturated heterocycles. The van der Waals surface area contributed by atoms with E-state index in [0.29, 0.717) is 27.8 Å². The van der Waals surface area contributed by atoms with Gasteiger partial charge < -0.3 is 39.4 Å². The van der Waals surface area contributed by atoms with Gasteiger partial charge in [-0.25, -0.2) is 0 Å². The van der Waals surface area contributed by atoms with Crippen molar-refractivity contribution in [2.45, 2.75) is 12.3 Å². The molecule has 4 N–H and O–H groups in total. The lowest BCUT2D eigenvalue weighted by atomic mass is 9.85. The van der Waals surface area contributed by atoms with Gasteiger partial charge in [0.1, 0.15) is 0 Å². The van der Waals surface area contributed by atoms with Gasteiger partial charge in [0.2, 0.25) is 0 Å². The number of allylic oxidation sites excluding steroid dienone is 1. The van der Waals surface area contributed by atoms with Crippen molar-refractivity contribution in [3.63, 3.8) is 0 Å². The third-order valence-corrected chi connectivity index (χ3v) is 6.90. The average molecular weight is 573 g/mol. The van der Waals surface area contributed by atoms with Crippen molar-refractivity contribution in [3.8, 4) is 46.0 Å². The minimum atomic E-state index is -0.511. The van der Waals surface area contributed by atoms with E-state index < -0.39 is 5.92 Å². The van der Waals surface area contributed by atoms with Gasteiger partial charge in [0.25, 0.3) is 0 Å². The number of phenolic OH excluding ortho intramolecular Hbond substituents is 4. The Hall–Kier alpha value is -5.31. The molecular formula is C33H32O9. The van der Waals surface area contributed by atoms with Gasteiger partial charge in [-0.3, -0.25) is 4.79 Å². The van der Waals surface area contributed by atoms with E-state index >= 15 is 0 Å². The molecule has 218 valence electrons. The monoisotopic (exact) mass is 572 g/mol. The van der Waals surface area contributed by atoms with Gasteiger partial charge in [0.15, 0.2) is 51.8 Å². The predicted molar refractivity (Wildman–Crippen MR) is 157 cm³/mol. The Morgan fingerprint density at radius 3 is 1.33 bits per heavy atom. The van der Waals surface area contributed by atoms with Crippen molar-refractivity contribution in [1.29, 1.82) is 0 Å². The quantitative estimate of drug-likeness (QED) is 0.165. The highest BCUT2D eigenvalue weighted by molar-refractivity contribution is 6.01. The lowest BCUT2D eigenvalue weighted by Crippen LogP contribution is -2.09. The molecule has 0 unspecified atom stereocenters. The Morgan fingerprint density at radius 2 is 0.952 bits per heavy atom. The van der Waals surface area contributed by atoms with Crippen LogP contribution in [0.15, 0.2) is 78.9 Å². The normalized spacial score (nSPS) is 10.7. The molecule has 0 heterocycles. The molecule has 0 amide bonds. The van der Waals surface area contributed by atoms with Crippen LogP contribution >= 0.6 is 0 Å². The highest BCUT2D eigenvalue weighted by Crippen LogP contribution is 2.39. The first-order chi connectivity index (χ1) is 20.2. The van der Waals surface area contributed by atoms with E-state index in [-0.39, 0.29) is 58.2 Å². The van der Waals surface area contributed by atoms with E-state index in [2.05, 4.69) is 0 Å². The van der Waals surface area contributed by atoms with Gasteiger partial charge in [-0.15, -0.1) is 0 Å². The van der Waals surface area contributed by atoms with Crippen LogP contribution in [0, 0.1) is 0 Å². The summed E-state index contributed by atoms with van der Waals surface area (Å²) in [4.78, 5) is 13.8. The maximum absolute atomic E-state index is 13.8. The standard InChI is InChI=1S/C33H32O9/c1-39-30-13-19(5-9-26(30)35)24(20-6-10-27(36)31(14-20)40-2)17-23(34)18-25(21-7-11-28(37)32(15-21)41-3)22-8-12-29(38)33(16-22)42-4/h5-17,25,35-38H,18H2,1-4H3. The van der Waals surface area contributed by atoms with Crippen molar-refractivity contribution in [3.05, 3.63) is 101 Å². The molecule has 0 radical (unpaired) electrons. The van der Waals surface area contributed by atoms with E-state index in [1.54, 1.807) is 48.5 Å². The molecule has 0 bridgehead atoms. The maximum Gasteiger partial charge on any atom is 0.161 e. The summed E-state index contributed by atoms with van der Waals surface area (Å²) in [5.41, 5.74) is 3.05. The second-order valence-corrected chi connectivity index (χ2v) is 9.42. The number of ketones is 1. The summed E-state index contributed by atoms with van der Waals surface area (Å²) in [6, 6.07) is 19.2. The fourth-order valence-electron chi connectivity index (χ4n) is 4.69. The van der Waals surface area contributed by atoms with Crippen LogP contribution in [-0.2, 0) is 4.79 Å². The Morgan fingerprint density at radius 1 is 0.595 bits per heavy atom. The predicted octanol–water partition coefficient (Wildman–Crippen LogP) is 5.77. The van der Waals surface area contributed by atoms with Crippen molar-refractivity contribution < 1.29 is 44.2 Å². The molecule has 0 saturated carbocycles. The molecule has 0 aromatic heterocycles. The van der Waals surface area contributed by atoms with E-state index in [1.807, 2.05) is 0 Å². The van der Waals surface area contributed by atoms with Gasteiger partial charge in [0.05, 0.1) is 28.4 Å². The SMILES string of the molecule is COc1cc(C(=CC(=O)CC(c2ccc(O)c(OC)c2)c2ccc(O)c(OC)c2)c2ccc(O)c(OC)c2)ccc1O. The first kappa shape index (κ1) is 29.7. The van der Waals surface area contributed by atoms with Crippen LogP contribution in [0.5, 0.6) is 46.0 Å². The zero-order valence-corrected chi connectivity index (χ0v) is 23.6. The van der Waals surface area contributed by atoms with Gasteiger partial charge in [-0.2, -0.15) is 0 Å². The zero-order valence-electron chi connectivity index (χ0n) is 23.6. The van der Waals surface area contributed by atoms with Crippen LogP contribution in [0.2, 0.25) is 0 Å². The molecule has 0 aliphatic heterocycles. The molecule has 4 aromatic carbocycles. The molecule has 0 aliphatic rings. The molecule has 0 spiro atoms. The molecule has 0 fully saturated rings. The Balaban J connectivity index is 1.84. The van der Waals surface area contributed by atoms with Crippen LogP contribution < -0.4 is 18.9 Å². The number of ether oxygens (including phenoxy) is 4. The second-order valence-electron chi connectivity index (χ2n) is 9.42. The number of phenols is 4. The largest absolute Gasteiger partial charge is 0.504 e. The third-order valence-electron chi connectivity index (χ3n) is 6.90. The first-order valence-electron chi connectivity index (χ1n) is 12.9. The zero-order chi connectivity index (χ0) is 30.4. The number of hydrogen-bond acceptors (Lipinski definition) is 9. The van der Waals surface area contributed by atoms with Crippen molar-refractivity contribution in [2.75, 3.05) is 28.4 Å². The number of aromatic hydroxyl groups is 4.